The molecule has 0 N–H and O–H groups in total. The highest BCUT2D eigenvalue weighted by atomic mass is 15.3. The molecule has 0 aliphatic carbocycles. The molecule has 0 unspecified atom stereocenters. The van der Waals surface area contributed by atoms with Crippen LogP contribution in [0.1, 0.15) is 25.1 Å². The van der Waals surface area contributed by atoms with E-state index in [0.29, 0.717) is 0 Å². The molecule has 138 valence electrons. The van der Waals surface area contributed by atoms with Crippen molar-refractivity contribution in [3.05, 3.63) is 71.9 Å². The molecule has 0 radical (unpaired) electrons. The van der Waals surface area contributed by atoms with Gasteiger partial charge in [0, 0.05) is 31.6 Å². The zero-order chi connectivity index (χ0) is 18.6. The van der Waals surface area contributed by atoms with Crippen molar-refractivity contribution in [1.82, 2.24) is 9.88 Å². The molecule has 1 fully saturated rings. The number of hydrogen-bond acceptors (Lipinski definition) is 3. The predicted molar refractivity (Wildman–Crippen MR) is 116 cm³/mol. The van der Waals surface area contributed by atoms with E-state index in [-0.39, 0.29) is 0 Å². The van der Waals surface area contributed by atoms with Crippen LogP contribution in [0.15, 0.2) is 60.7 Å². The maximum absolute atomic E-state index is 5.07. The average molecular weight is 358 g/mol. The van der Waals surface area contributed by atoms with Gasteiger partial charge in [-0.1, -0.05) is 61.5 Å². The van der Waals surface area contributed by atoms with Gasteiger partial charge in [0.15, 0.2) is 0 Å². The molecule has 0 bridgehead atoms. The summed E-state index contributed by atoms with van der Waals surface area (Å²) in [4.78, 5) is 10.0. The highest BCUT2D eigenvalue weighted by Crippen LogP contribution is 2.28. The van der Waals surface area contributed by atoms with E-state index in [2.05, 4.69) is 90.4 Å². The Hall–Kier alpha value is -2.65. The number of hydrogen-bond donors (Lipinski definition) is 0. The lowest BCUT2D eigenvalue weighted by Crippen LogP contribution is -2.46. The smallest absolute Gasteiger partial charge is 0.137 e. The van der Waals surface area contributed by atoms with Crippen LogP contribution in [0.4, 0.5) is 5.82 Å². The molecule has 1 aliphatic heterocycles. The molecule has 27 heavy (non-hydrogen) atoms. The van der Waals surface area contributed by atoms with Crippen molar-refractivity contribution < 1.29 is 0 Å². The summed E-state index contributed by atoms with van der Waals surface area (Å²) in [5.41, 5.74) is 3.51. The molecule has 0 spiro atoms. The maximum atomic E-state index is 5.07. The number of nitrogens with zero attached hydrogens (tertiary/aromatic N) is 3. The van der Waals surface area contributed by atoms with E-state index in [0.717, 1.165) is 44.2 Å². The minimum Gasteiger partial charge on any atom is -0.354 e. The molecular formula is C24H27N3. The van der Waals surface area contributed by atoms with Crippen molar-refractivity contribution >= 4 is 28.2 Å². The van der Waals surface area contributed by atoms with Crippen LogP contribution in [-0.4, -0.2) is 42.6 Å². The number of benzene rings is 2. The summed E-state index contributed by atoms with van der Waals surface area (Å²) >= 11 is 0. The molecule has 3 nitrogen and oxygen atoms in total. The van der Waals surface area contributed by atoms with Crippen LogP contribution in [0.3, 0.4) is 0 Å². The number of allylic oxidation sites excluding steroid dienone is 1. The largest absolute Gasteiger partial charge is 0.354 e. The maximum Gasteiger partial charge on any atom is 0.137 e. The van der Waals surface area contributed by atoms with E-state index in [1.807, 2.05) is 0 Å². The molecule has 0 amide bonds. The van der Waals surface area contributed by atoms with Crippen LogP contribution in [-0.2, 0) is 0 Å². The lowest BCUT2D eigenvalue weighted by Gasteiger charge is -2.35. The number of piperazine rings is 1. The van der Waals surface area contributed by atoms with Crippen molar-refractivity contribution in [2.45, 2.75) is 13.8 Å². The third-order valence-corrected chi connectivity index (χ3v) is 5.45. The van der Waals surface area contributed by atoms with E-state index in [4.69, 9.17) is 4.98 Å². The standard InChI is InChI=1S/C24H27N3/c1-3-26-13-15-27(16-14-26)24-23-12-8-7-11-21(23)18-22(25-24)17-19(2)20-9-5-4-6-10-20/h4-12,17-18H,3,13-16H2,1-2H3. The van der Waals surface area contributed by atoms with E-state index in [9.17, 15) is 0 Å². The second kappa shape index (κ2) is 7.93. The summed E-state index contributed by atoms with van der Waals surface area (Å²) in [7, 11) is 0. The Morgan fingerprint density at radius 3 is 2.41 bits per heavy atom. The van der Waals surface area contributed by atoms with E-state index < -0.39 is 0 Å². The van der Waals surface area contributed by atoms with Gasteiger partial charge in [-0.25, -0.2) is 4.98 Å². The van der Waals surface area contributed by atoms with Gasteiger partial charge in [0.05, 0.1) is 5.69 Å². The van der Waals surface area contributed by atoms with Crippen LogP contribution in [0.5, 0.6) is 0 Å². The Morgan fingerprint density at radius 2 is 1.67 bits per heavy atom. The summed E-state index contributed by atoms with van der Waals surface area (Å²) < 4.78 is 0. The lowest BCUT2D eigenvalue weighted by atomic mass is 10.0. The fourth-order valence-electron chi connectivity index (χ4n) is 3.80. The van der Waals surface area contributed by atoms with Crippen molar-refractivity contribution in [3.63, 3.8) is 0 Å². The van der Waals surface area contributed by atoms with Gasteiger partial charge in [0.25, 0.3) is 0 Å². The van der Waals surface area contributed by atoms with E-state index >= 15 is 0 Å². The minimum absolute atomic E-state index is 1.03. The van der Waals surface area contributed by atoms with Crippen LogP contribution in [0.2, 0.25) is 0 Å². The zero-order valence-electron chi connectivity index (χ0n) is 16.2. The fraction of sp³-hybridized carbons (Fsp3) is 0.292. The van der Waals surface area contributed by atoms with E-state index in [1.54, 1.807) is 0 Å². The normalized spacial score (nSPS) is 16.1. The third kappa shape index (κ3) is 3.88. The summed E-state index contributed by atoms with van der Waals surface area (Å²) in [6.07, 6.45) is 2.20. The first-order valence-corrected chi connectivity index (χ1v) is 9.85. The molecule has 1 aromatic heterocycles. The molecule has 1 aliphatic rings. The Labute approximate surface area is 161 Å². The van der Waals surface area contributed by atoms with Gasteiger partial charge in [-0.05, 0) is 42.1 Å². The molecule has 2 aromatic carbocycles. The zero-order valence-corrected chi connectivity index (χ0v) is 16.2. The van der Waals surface area contributed by atoms with Crippen molar-refractivity contribution in [2.75, 3.05) is 37.6 Å². The molecular weight excluding hydrogens is 330 g/mol. The summed E-state index contributed by atoms with van der Waals surface area (Å²) in [6, 6.07) is 21.3. The Bertz CT molecular complexity index is 938. The summed E-state index contributed by atoms with van der Waals surface area (Å²) in [5, 5.41) is 2.50. The second-order valence-corrected chi connectivity index (χ2v) is 7.21. The van der Waals surface area contributed by atoms with Crippen LogP contribution >= 0.6 is 0 Å². The Kier molecular flexibility index (Phi) is 5.21. The van der Waals surface area contributed by atoms with Crippen LogP contribution in [0, 0.1) is 0 Å². The number of aromatic nitrogens is 1. The third-order valence-electron chi connectivity index (χ3n) is 5.45. The monoisotopic (exact) mass is 357 g/mol. The van der Waals surface area contributed by atoms with Gasteiger partial charge < -0.3 is 9.80 Å². The second-order valence-electron chi connectivity index (χ2n) is 7.21. The molecule has 2 heterocycles. The van der Waals surface area contributed by atoms with Crippen LogP contribution in [0.25, 0.3) is 22.4 Å². The Balaban J connectivity index is 1.73. The van der Waals surface area contributed by atoms with Crippen molar-refractivity contribution in [1.29, 1.82) is 0 Å². The molecule has 3 aromatic rings. The minimum atomic E-state index is 1.03. The molecule has 0 atom stereocenters. The highest BCUT2D eigenvalue weighted by Gasteiger charge is 2.19. The molecule has 3 heteroatoms. The predicted octanol–water partition coefficient (Wildman–Crippen LogP) is 4.94. The van der Waals surface area contributed by atoms with Crippen molar-refractivity contribution in [2.24, 2.45) is 0 Å². The topological polar surface area (TPSA) is 19.4 Å². The average Bonchev–Trinajstić information content (AvgIpc) is 2.74. The van der Waals surface area contributed by atoms with Gasteiger partial charge in [-0.15, -0.1) is 0 Å². The molecule has 0 saturated carbocycles. The molecule has 1 saturated heterocycles. The quantitative estimate of drug-likeness (QED) is 0.659. The van der Waals surface area contributed by atoms with Gasteiger partial charge in [-0.2, -0.15) is 0 Å². The summed E-state index contributed by atoms with van der Waals surface area (Å²) in [5.74, 6) is 1.12. The number of likely N-dealkylation sites (N-methyl/N-ethyl adjacent to an activating group) is 1. The van der Waals surface area contributed by atoms with Crippen molar-refractivity contribution in [3.8, 4) is 0 Å². The first kappa shape index (κ1) is 17.7. The summed E-state index contributed by atoms with van der Waals surface area (Å²) in [6.45, 7) is 9.81. The lowest BCUT2D eigenvalue weighted by molar-refractivity contribution is 0.271. The Morgan fingerprint density at radius 1 is 0.963 bits per heavy atom. The number of fused-ring (bicyclic) bond motifs is 1. The number of anilines is 1. The van der Waals surface area contributed by atoms with E-state index in [1.165, 1.54) is 21.9 Å². The van der Waals surface area contributed by atoms with Gasteiger partial charge in [-0.3, -0.25) is 0 Å². The first-order chi connectivity index (χ1) is 13.2. The van der Waals surface area contributed by atoms with Crippen LogP contribution < -0.4 is 4.90 Å². The van der Waals surface area contributed by atoms with Gasteiger partial charge in [0.2, 0.25) is 0 Å². The highest BCUT2D eigenvalue weighted by molar-refractivity contribution is 5.94. The van der Waals surface area contributed by atoms with Gasteiger partial charge >= 0.3 is 0 Å². The SMILES string of the molecule is CCN1CCN(c2nc(C=C(C)c3ccccc3)cc3ccccc23)CC1. The first-order valence-electron chi connectivity index (χ1n) is 9.85. The number of rotatable bonds is 4. The molecule has 4 rings (SSSR count). The van der Waals surface area contributed by atoms with Gasteiger partial charge in [0.1, 0.15) is 5.82 Å². The number of pyridine rings is 1. The fourth-order valence-corrected chi connectivity index (χ4v) is 3.80.